The molecule has 27 heavy (non-hydrogen) atoms. The minimum atomic E-state index is 0. The van der Waals surface area contributed by atoms with Crippen LogP contribution in [0.5, 0.6) is 0 Å². The molecule has 0 spiro atoms. The van der Waals surface area contributed by atoms with Crippen LogP contribution in [0, 0.1) is 0 Å². The monoisotopic (exact) mass is 500 g/mol. The molecule has 0 aliphatic carbocycles. The summed E-state index contributed by atoms with van der Waals surface area (Å²) in [6.45, 7) is 12.4. The van der Waals surface area contributed by atoms with E-state index in [1.54, 1.807) is 7.11 Å². The first-order chi connectivity index (χ1) is 12.8. The summed E-state index contributed by atoms with van der Waals surface area (Å²) < 4.78 is 16.3. The van der Waals surface area contributed by atoms with Crippen LogP contribution in [-0.4, -0.2) is 89.8 Å². The maximum atomic E-state index is 5.59. The van der Waals surface area contributed by atoms with Gasteiger partial charge in [0, 0.05) is 39.4 Å². The van der Waals surface area contributed by atoms with Crippen LogP contribution in [0.4, 0.5) is 0 Å². The molecule has 2 N–H and O–H groups in total. The number of nitrogens with zero attached hydrogens (tertiary/aromatic N) is 2. The van der Waals surface area contributed by atoms with Gasteiger partial charge in [0.25, 0.3) is 0 Å². The van der Waals surface area contributed by atoms with Crippen molar-refractivity contribution < 1.29 is 14.2 Å². The maximum absolute atomic E-state index is 5.59. The van der Waals surface area contributed by atoms with E-state index in [9.17, 15) is 0 Å². The van der Waals surface area contributed by atoms with E-state index >= 15 is 0 Å². The molecule has 8 heteroatoms. The molecule has 0 aromatic heterocycles. The van der Waals surface area contributed by atoms with Gasteiger partial charge in [0.15, 0.2) is 5.96 Å². The Hall–Kier alpha value is -0.160. The number of halogens is 1. The first kappa shape index (κ1) is 26.8. The van der Waals surface area contributed by atoms with E-state index in [0.717, 1.165) is 58.3 Å². The smallest absolute Gasteiger partial charge is 0.191 e. The van der Waals surface area contributed by atoms with Crippen molar-refractivity contribution in [2.24, 2.45) is 4.99 Å². The number of hydrogen-bond donors (Lipinski definition) is 2. The highest BCUT2D eigenvalue weighted by Gasteiger charge is 2.23. The molecule has 1 saturated heterocycles. The molecule has 0 bridgehead atoms. The van der Waals surface area contributed by atoms with Gasteiger partial charge in [0.05, 0.1) is 33.0 Å². The average Bonchev–Trinajstić information content (AvgIpc) is 3.10. The minimum absolute atomic E-state index is 0. The number of nitrogens with one attached hydrogen (secondary N) is 2. The molecular weight excluding hydrogens is 459 g/mol. The van der Waals surface area contributed by atoms with Gasteiger partial charge in [-0.1, -0.05) is 13.3 Å². The van der Waals surface area contributed by atoms with E-state index in [4.69, 9.17) is 19.2 Å². The molecule has 162 valence electrons. The lowest BCUT2D eigenvalue weighted by Crippen LogP contribution is -2.41. The van der Waals surface area contributed by atoms with E-state index < -0.39 is 0 Å². The number of guanidine groups is 1. The summed E-state index contributed by atoms with van der Waals surface area (Å²) in [7, 11) is 1.76. The van der Waals surface area contributed by atoms with Crippen LogP contribution < -0.4 is 10.6 Å². The zero-order valence-corrected chi connectivity index (χ0v) is 19.8. The maximum Gasteiger partial charge on any atom is 0.191 e. The first-order valence-electron chi connectivity index (χ1n) is 10.2. The van der Waals surface area contributed by atoms with Crippen LogP contribution in [0.2, 0.25) is 0 Å². The molecular formula is C19H41IN4O3. The van der Waals surface area contributed by atoms with E-state index in [-0.39, 0.29) is 24.0 Å². The zero-order chi connectivity index (χ0) is 18.9. The molecule has 0 amide bonds. The number of likely N-dealkylation sites (tertiary alicyclic amines) is 1. The zero-order valence-electron chi connectivity index (χ0n) is 17.5. The predicted octanol–water partition coefficient (Wildman–Crippen LogP) is 2.10. The molecule has 1 atom stereocenters. The van der Waals surface area contributed by atoms with Crippen LogP contribution in [0.25, 0.3) is 0 Å². The van der Waals surface area contributed by atoms with Crippen molar-refractivity contribution in [3.8, 4) is 0 Å². The molecule has 0 radical (unpaired) electrons. The SMILES string of the molecule is CCCCOCCOCCNC(=NCC1CCCN1CCOC)NCC.I. The van der Waals surface area contributed by atoms with Crippen molar-refractivity contribution in [2.45, 2.75) is 45.6 Å². The molecule has 1 heterocycles. The highest BCUT2D eigenvalue weighted by molar-refractivity contribution is 14.0. The highest BCUT2D eigenvalue weighted by atomic mass is 127. The second-order valence-corrected chi connectivity index (χ2v) is 6.55. The normalized spacial score (nSPS) is 17.7. The largest absolute Gasteiger partial charge is 0.383 e. The summed E-state index contributed by atoms with van der Waals surface area (Å²) in [5.74, 6) is 0.869. The van der Waals surface area contributed by atoms with Crippen molar-refractivity contribution in [2.75, 3.05) is 72.9 Å². The molecule has 1 aliphatic heterocycles. The Morgan fingerprint density at radius 2 is 1.85 bits per heavy atom. The lowest BCUT2D eigenvalue weighted by molar-refractivity contribution is 0.0487. The third-order valence-corrected chi connectivity index (χ3v) is 4.44. The van der Waals surface area contributed by atoms with Crippen LogP contribution in [0.1, 0.15) is 39.5 Å². The third kappa shape index (κ3) is 13.6. The van der Waals surface area contributed by atoms with Gasteiger partial charge in [-0.25, -0.2) is 0 Å². The standard InChI is InChI=1S/C19H40N4O3.HI/c1-4-6-12-25-15-16-26-13-9-21-19(20-5-2)22-17-18-8-7-10-23(18)11-14-24-3;/h18H,4-17H2,1-3H3,(H2,20,21,22);1H. The Labute approximate surface area is 183 Å². The lowest BCUT2D eigenvalue weighted by atomic mass is 10.2. The van der Waals surface area contributed by atoms with Crippen LogP contribution in [0.15, 0.2) is 4.99 Å². The topological polar surface area (TPSA) is 67.4 Å². The van der Waals surface area contributed by atoms with Crippen LogP contribution in [-0.2, 0) is 14.2 Å². The van der Waals surface area contributed by atoms with Crippen LogP contribution >= 0.6 is 24.0 Å². The summed E-state index contributed by atoms with van der Waals surface area (Å²) in [5, 5.41) is 6.65. The van der Waals surface area contributed by atoms with Gasteiger partial charge < -0.3 is 24.8 Å². The van der Waals surface area contributed by atoms with E-state index in [2.05, 4.69) is 29.4 Å². The average molecular weight is 500 g/mol. The van der Waals surface area contributed by atoms with Gasteiger partial charge in [-0.15, -0.1) is 24.0 Å². The molecule has 0 aromatic rings. The summed E-state index contributed by atoms with van der Waals surface area (Å²) in [6.07, 6.45) is 4.76. The number of methoxy groups -OCH3 is 1. The van der Waals surface area contributed by atoms with Gasteiger partial charge in [0.2, 0.25) is 0 Å². The molecule has 1 fully saturated rings. The third-order valence-electron chi connectivity index (χ3n) is 4.44. The lowest BCUT2D eigenvalue weighted by Gasteiger charge is -2.23. The quantitative estimate of drug-likeness (QED) is 0.155. The van der Waals surface area contributed by atoms with Gasteiger partial charge in [-0.2, -0.15) is 0 Å². The fourth-order valence-corrected chi connectivity index (χ4v) is 2.95. The highest BCUT2D eigenvalue weighted by Crippen LogP contribution is 2.16. The molecule has 7 nitrogen and oxygen atoms in total. The number of rotatable bonds is 15. The summed E-state index contributed by atoms with van der Waals surface area (Å²) in [6, 6.07) is 0.525. The van der Waals surface area contributed by atoms with Gasteiger partial charge in [-0.05, 0) is 32.7 Å². The van der Waals surface area contributed by atoms with Crippen molar-refractivity contribution in [3.05, 3.63) is 0 Å². The second-order valence-electron chi connectivity index (χ2n) is 6.55. The minimum Gasteiger partial charge on any atom is -0.383 e. The number of unbranched alkanes of at least 4 members (excludes halogenated alkanes) is 1. The summed E-state index contributed by atoms with van der Waals surface area (Å²) >= 11 is 0. The molecule has 1 unspecified atom stereocenters. The van der Waals surface area contributed by atoms with Gasteiger partial charge in [-0.3, -0.25) is 9.89 Å². The summed E-state index contributed by atoms with van der Waals surface area (Å²) in [4.78, 5) is 7.24. The number of aliphatic imine (C=N–C) groups is 1. The van der Waals surface area contributed by atoms with Gasteiger partial charge >= 0.3 is 0 Å². The van der Waals surface area contributed by atoms with Crippen LogP contribution in [0.3, 0.4) is 0 Å². The van der Waals surface area contributed by atoms with Gasteiger partial charge in [0.1, 0.15) is 0 Å². The van der Waals surface area contributed by atoms with Crippen molar-refractivity contribution in [1.29, 1.82) is 0 Å². The Kier molecular flexibility index (Phi) is 19.1. The molecule has 0 aromatic carbocycles. The fraction of sp³-hybridized carbons (Fsp3) is 0.947. The Morgan fingerprint density at radius 1 is 1.07 bits per heavy atom. The molecule has 0 saturated carbocycles. The van der Waals surface area contributed by atoms with Crippen molar-refractivity contribution in [3.63, 3.8) is 0 Å². The van der Waals surface area contributed by atoms with Crippen molar-refractivity contribution in [1.82, 2.24) is 15.5 Å². The molecule has 1 aliphatic rings. The fourth-order valence-electron chi connectivity index (χ4n) is 2.95. The second kappa shape index (κ2) is 19.2. The number of ether oxygens (including phenoxy) is 3. The Bertz CT molecular complexity index is 362. The summed E-state index contributed by atoms with van der Waals surface area (Å²) in [5.41, 5.74) is 0. The first-order valence-corrected chi connectivity index (χ1v) is 10.2. The van der Waals surface area contributed by atoms with E-state index in [1.165, 1.54) is 19.3 Å². The van der Waals surface area contributed by atoms with E-state index in [0.29, 0.717) is 25.9 Å². The predicted molar refractivity (Wildman–Crippen MR) is 122 cm³/mol. The molecule has 1 rings (SSSR count). The van der Waals surface area contributed by atoms with Crippen molar-refractivity contribution >= 4 is 29.9 Å². The Morgan fingerprint density at radius 3 is 2.56 bits per heavy atom. The van der Waals surface area contributed by atoms with E-state index in [1.807, 2.05) is 0 Å². The number of hydrogen-bond acceptors (Lipinski definition) is 5. The Balaban J connectivity index is 0.00000676.